The van der Waals surface area contributed by atoms with Gasteiger partial charge in [-0.1, -0.05) is 297 Å². The van der Waals surface area contributed by atoms with Crippen molar-refractivity contribution in [2.24, 2.45) is 0 Å². The molecule has 0 heterocycles. The zero-order valence-electron chi connectivity index (χ0n) is 45.9. The van der Waals surface area contributed by atoms with Crippen molar-refractivity contribution in [2.75, 3.05) is 0 Å². The molecule has 0 aliphatic rings. The fraction of sp³-hybridized carbons (Fsp3) is 0. The van der Waals surface area contributed by atoms with Gasteiger partial charge < -0.3 is 10.0 Å². The molecule has 0 spiro atoms. The van der Waals surface area contributed by atoms with Crippen LogP contribution >= 0.6 is 22.6 Å². The van der Waals surface area contributed by atoms with E-state index in [-0.39, 0.29) is 0 Å². The number of hydrogen-bond donors (Lipinski definition) is 2. The molecule has 0 amide bonds. The minimum absolute atomic E-state index is 0.556. The third-order valence-corrected chi connectivity index (χ3v) is 17.1. The van der Waals surface area contributed by atoms with Gasteiger partial charge in [-0.25, -0.2) is 0 Å². The molecular weight excluding hydrogens is 1130 g/mol. The summed E-state index contributed by atoms with van der Waals surface area (Å²) in [5.74, 6) is 0. The summed E-state index contributed by atoms with van der Waals surface area (Å²) in [6.07, 6.45) is 0. The first-order valence-electron chi connectivity index (χ1n) is 28.5. The largest absolute Gasteiger partial charge is 0.489 e. The lowest BCUT2D eigenvalue weighted by atomic mass is 9.72. The van der Waals surface area contributed by atoms with E-state index in [9.17, 15) is 10.0 Å². The molecule has 0 aromatic heterocycles. The summed E-state index contributed by atoms with van der Waals surface area (Å²) in [5.41, 5.74) is 12.7. The predicted octanol–water partition coefficient (Wildman–Crippen LogP) is 20.9. The van der Waals surface area contributed by atoms with Gasteiger partial charge in [-0.05, 0) is 188 Å². The third-order valence-electron chi connectivity index (χ3n) is 16.5. The van der Waals surface area contributed by atoms with Crippen LogP contribution in [-0.4, -0.2) is 17.2 Å². The topological polar surface area (TPSA) is 40.5 Å². The highest BCUT2D eigenvalue weighted by atomic mass is 127. The number of benzene rings is 16. The van der Waals surface area contributed by atoms with Crippen molar-refractivity contribution in [3.05, 3.63) is 319 Å². The minimum atomic E-state index is -1.53. The van der Waals surface area contributed by atoms with Crippen LogP contribution in [-0.2, 0) is 0 Å². The second-order valence-corrected chi connectivity index (χ2v) is 22.6. The zero-order valence-corrected chi connectivity index (χ0v) is 48.0. The highest BCUT2D eigenvalue weighted by molar-refractivity contribution is 14.1. The van der Waals surface area contributed by atoms with E-state index in [0.29, 0.717) is 5.46 Å². The Bertz CT molecular complexity index is 4990. The molecular formula is C80H54BIO2. The van der Waals surface area contributed by atoms with Crippen molar-refractivity contribution in [1.82, 2.24) is 0 Å². The summed E-state index contributed by atoms with van der Waals surface area (Å²) >= 11 is 2.35. The first-order chi connectivity index (χ1) is 41.4. The normalized spacial score (nSPS) is 11.3. The van der Waals surface area contributed by atoms with Crippen LogP contribution in [0.1, 0.15) is 0 Å². The molecule has 0 aliphatic heterocycles. The molecule has 0 fully saturated rings. The maximum absolute atomic E-state index is 10.1. The molecule has 0 atom stereocenters. The zero-order chi connectivity index (χ0) is 56.5. The van der Waals surface area contributed by atoms with Crippen molar-refractivity contribution in [3.8, 4) is 55.6 Å². The van der Waals surface area contributed by atoms with Gasteiger partial charge in [0.05, 0.1) is 0 Å². The van der Waals surface area contributed by atoms with Gasteiger partial charge in [0.25, 0.3) is 0 Å². The van der Waals surface area contributed by atoms with Gasteiger partial charge in [0, 0.05) is 3.57 Å². The Morgan fingerprint density at radius 1 is 0.202 bits per heavy atom. The summed E-state index contributed by atoms with van der Waals surface area (Å²) in [6, 6.07) is 112. The Labute approximate surface area is 502 Å². The molecule has 0 aliphatic carbocycles. The van der Waals surface area contributed by atoms with E-state index in [0.717, 1.165) is 32.7 Å². The Kier molecular flexibility index (Phi) is 14.3. The first kappa shape index (κ1) is 52.4. The second-order valence-electron chi connectivity index (χ2n) is 21.4. The van der Waals surface area contributed by atoms with Crippen LogP contribution < -0.4 is 5.46 Å². The molecule has 0 bridgehead atoms. The average Bonchev–Trinajstić information content (AvgIpc) is 3.70. The lowest BCUT2D eigenvalue weighted by molar-refractivity contribution is 0.426. The quantitative estimate of drug-likeness (QED) is 0.0754. The molecule has 0 unspecified atom stereocenters. The monoisotopic (exact) mass is 1180 g/mol. The summed E-state index contributed by atoms with van der Waals surface area (Å²) in [4.78, 5) is 0. The fourth-order valence-corrected chi connectivity index (χ4v) is 13.1. The van der Waals surface area contributed by atoms with Gasteiger partial charge in [0.2, 0.25) is 0 Å². The van der Waals surface area contributed by atoms with Crippen molar-refractivity contribution < 1.29 is 10.0 Å². The molecule has 16 aromatic carbocycles. The lowest BCUT2D eigenvalue weighted by Gasteiger charge is -2.18. The van der Waals surface area contributed by atoms with E-state index in [1.54, 1.807) is 0 Å². The van der Waals surface area contributed by atoms with Crippen LogP contribution in [0.3, 0.4) is 0 Å². The van der Waals surface area contributed by atoms with Gasteiger partial charge >= 0.3 is 7.12 Å². The summed E-state index contributed by atoms with van der Waals surface area (Å²) in [7, 11) is -1.53. The van der Waals surface area contributed by atoms with Crippen molar-refractivity contribution in [3.63, 3.8) is 0 Å². The van der Waals surface area contributed by atoms with E-state index in [4.69, 9.17) is 0 Å². The summed E-state index contributed by atoms with van der Waals surface area (Å²) in [6.45, 7) is 0. The maximum Gasteiger partial charge on any atom is 0.489 e. The van der Waals surface area contributed by atoms with E-state index in [1.807, 2.05) is 66.7 Å². The van der Waals surface area contributed by atoms with Gasteiger partial charge in [-0.3, -0.25) is 0 Å². The molecule has 4 heteroatoms. The van der Waals surface area contributed by atoms with Crippen molar-refractivity contribution in [1.29, 1.82) is 0 Å². The van der Waals surface area contributed by atoms with Gasteiger partial charge in [0.1, 0.15) is 0 Å². The average molecular weight is 1190 g/mol. The molecule has 16 rings (SSSR count). The van der Waals surface area contributed by atoms with Crippen LogP contribution in [0.2, 0.25) is 0 Å². The van der Waals surface area contributed by atoms with Crippen LogP contribution in [0, 0.1) is 3.57 Å². The number of halogens is 1. The molecule has 0 radical (unpaired) electrons. The van der Waals surface area contributed by atoms with Crippen molar-refractivity contribution >= 4 is 121 Å². The summed E-state index contributed by atoms with van der Waals surface area (Å²) in [5, 5.41) is 39.5. The summed E-state index contributed by atoms with van der Waals surface area (Å²) < 4.78 is 1.29. The van der Waals surface area contributed by atoms with Crippen LogP contribution in [0.15, 0.2) is 315 Å². The van der Waals surface area contributed by atoms with Gasteiger partial charge in [0.15, 0.2) is 0 Å². The molecule has 2 N–H and O–H groups in total. The number of fused-ring (bicyclic) bond motifs is 10. The van der Waals surface area contributed by atoms with Crippen molar-refractivity contribution in [2.45, 2.75) is 0 Å². The number of hydrogen-bond acceptors (Lipinski definition) is 2. The fourth-order valence-electron chi connectivity index (χ4n) is 12.6. The standard InChI is InChI=1S/C40H26.C26H19BO2.C14H9I/c1-2-10-27(11-3-1)28-18-21-30(22-19-28)39-35-14-6-8-16-37(35)40(38-17-9-7-15-36(38)39)32-24-25-34-31(26-32)23-20-29-12-4-5-13-33(29)34;28-27(29)26-23-12-6-4-10-21(23)25(22-11-5-7-13-24(22)26)20-16-14-19(15-17-20)18-8-2-1-3-9-18;15-12-7-8-14-11(9-12)6-5-10-3-1-2-4-13(10)14/h1-26H;1-17,28-29H;1-9H. The Hall–Kier alpha value is -9.69. The highest BCUT2D eigenvalue weighted by Crippen LogP contribution is 2.45. The van der Waals surface area contributed by atoms with Gasteiger partial charge in [-0.15, -0.1) is 0 Å². The number of rotatable bonds is 6. The van der Waals surface area contributed by atoms with Gasteiger partial charge in [-0.2, -0.15) is 0 Å². The molecule has 16 aromatic rings. The van der Waals surface area contributed by atoms with E-state index in [2.05, 4.69) is 271 Å². The highest BCUT2D eigenvalue weighted by Gasteiger charge is 2.23. The molecule has 0 saturated heterocycles. The Morgan fingerprint density at radius 2 is 0.476 bits per heavy atom. The van der Waals surface area contributed by atoms with Crippen LogP contribution in [0.25, 0.3) is 142 Å². The van der Waals surface area contributed by atoms with E-state index in [1.165, 1.54) is 113 Å². The van der Waals surface area contributed by atoms with Crippen LogP contribution in [0.5, 0.6) is 0 Å². The van der Waals surface area contributed by atoms with E-state index < -0.39 is 7.12 Å². The Morgan fingerprint density at radius 3 is 0.893 bits per heavy atom. The minimum Gasteiger partial charge on any atom is -0.423 e. The van der Waals surface area contributed by atoms with Crippen LogP contribution in [0.4, 0.5) is 0 Å². The molecule has 2 nitrogen and oxygen atoms in total. The maximum atomic E-state index is 10.1. The Balaban J connectivity index is 0.000000124. The molecule has 396 valence electrons. The van der Waals surface area contributed by atoms with E-state index >= 15 is 0 Å². The third kappa shape index (κ3) is 9.94. The first-order valence-corrected chi connectivity index (χ1v) is 29.5. The lowest BCUT2D eigenvalue weighted by Crippen LogP contribution is -2.31. The smallest absolute Gasteiger partial charge is 0.423 e. The second kappa shape index (κ2) is 22.9. The predicted molar refractivity (Wildman–Crippen MR) is 369 cm³/mol. The molecule has 0 saturated carbocycles. The SMILES string of the molecule is Ic1ccc2c(ccc3ccccc32)c1.OB(O)c1c2ccccc2c(-c2ccc(-c3ccccc3)cc2)c2ccccc12.c1ccc(-c2ccc(-c3c4ccccc4c(-c4ccc5c(ccc6ccccc65)c4)c4ccccc34)cc2)cc1. The molecule has 84 heavy (non-hydrogen) atoms.